The van der Waals surface area contributed by atoms with Gasteiger partial charge in [-0.25, -0.2) is 4.79 Å². The molecule has 1 unspecified atom stereocenters. The summed E-state index contributed by atoms with van der Waals surface area (Å²) in [6, 6.07) is 12.3. The molecule has 27 heavy (non-hydrogen) atoms. The van der Waals surface area contributed by atoms with E-state index in [1.54, 1.807) is 37.4 Å². The summed E-state index contributed by atoms with van der Waals surface area (Å²) in [6.07, 6.45) is 0.863. The van der Waals surface area contributed by atoms with E-state index < -0.39 is 16.9 Å². The molecule has 0 bridgehead atoms. The second-order valence-corrected chi connectivity index (χ2v) is 7.11. The van der Waals surface area contributed by atoms with Crippen LogP contribution in [0.4, 0.5) is 4.79 Å². The van der Waals surface area contributed by atoms with Crippen LogP contribution in [0.15, 0.2) is 52.5 Å². The average molecular weight is 411 g/mol. The lowest BCUT2D eigenvalue weighted by atomic mass is 10.1. The molecule has 2 rings (SSSR count). The van der Waals surface area contributed by atoms with Crippen molar-refractivity contribution in [3.05, 3.63) is 58.6 Å². The number of carbonyl (C=O) groups is 1. The number of nitrogens with zero attached hydrogens (tertiary/aromatic N) is 1. The fourth-order valence-electron chi connectivity index (χ4n) is 2.10. The molecule has 1 atom stereocenters. The van der Waals surface area contributed by atoms with Crippen molar-refractivity contribution in [3.8, 4) is 5.75 Å². The van der Waals surface area contributed by atoms with Crippen LogP contribution in [0.25, 0.3) is 0 Å². The normalized spacial score (nSPS) is 12.2. The van der Waals surface area contributed by atoms with Crippen LogP contribution in [0, 0.1) is 0 Å². The van der Waals surface area contributed by atoms with Gasteiger partial charge >= 0.3 is 6.09 Å². The zero-order valence-electron chi connectivity index (χ0n) is 15.0. The number of oxime groups is 1. The molecular formula is C18H19ClN2O5S. The van der Waals surface area contributed by atoms with Gasteiger partial charge in [0.05, 0.1) is 28.6 Å². The molecule has 0 heterocycles. The predicted octanol–water partition coefficient (Wildman–Crippen LogP) is 3.67. The van der Waals surface area contributed by atoms with Crippen molar-refractivity contribution in [2.45, 2.75) is 18.4 Å². The summed E-state index contributed by atoms with van der Waals surface area (Å²) in [5, 5.41) is 4.39. The Morgan fingerprint density at radius 1 is 1.26 bits per heavy atom. The van der Waals surface area contributed by atoms with Crippen LogP contribution < -0.4 is 10.3 Å². The summed E-state index contributed by atoms with van der Waals surface area (Å²) < 4.78 is 16.2. The molecule has 9 heteroatoms. The summed E-state index contributed by atoms with van der Waals surface area (Å²) >= 11 is 6.04. The second-order valence-electron chi connectivity index (χ2n) is 5.35. The van der Waals surface area contributed by atoms with Gasteiger partial charge in [-0.05, 0) is 25.1 Å². The van der Waals surface area contributed by atoms with E-state index in [0.717, 1.165) is 5.56 Å². The van der Waals surface area contributed by atoms with Crippen LogP contribution in [-0.2, 0) is 27.0 Å². The van der Waals surface area contributed by atoms with Crippen LogP contribution in [0.3, 0.4) is 0 Å². The largest absolute Gasteiger partial charge is 0.451 e. The highest BCUT2D eigenvalue weighted by atomic mass is 35.5. The Kier molecular flexibility index (Phi) is 7.63. The van der Waals surface area contributed by atoms with Gasteiger partial charge in [-0.1, -0.05) is 41.0 Å². The molecule has 7 nitrogen and oxygen atoms in total. The Morgan fingerprint density at radius 3 is 2.70 bits per heavy atom. The van der Waals surface area contributed by atoms with Gasteiger partial charge in [-0.15, -0.1) is 0 Å². The number of hydrogen-bond acceptors (Lipinski definition) is 6. The van der Waals surface area contributed by atoms with Crippen molar-refractivity contribution >= 4 is 34.2 Å². The molecule has 0 radical (unpaired) electrons. The van der Waals surface area contributed by atoms with Gasteiger partial charge in [0.1, 0.15) is 6.61 Å². The molecule has 0 aliphatic heterocycles. The zero-order valence-corrected chi connectivity index (χ0v) is 16.6. The maximum absolute atomic E-state index is 11.7. The number of amides is 1. The van der Waals surface area contributed by atoms with E-state index in [2.05, 4.69) is 15.4 Å². The Hall–Kier alpha value is -2.58. The number of hydroxylamine groups is 1. The lowest BCUT2D eigenvalue weighted by Gasteiger charge is -2.10. The quantitative estimate of drug-likeness (QED) is 0.556. The lowest BCUT2D eigenvalue weighted by molar-refractivity contribution is 0.118. The molecule has 0 fully saturated rings. The van der Waals surface area contributed by atoms with Crippen molar-refractivity contribution < 1.29 is 23.4 Å². The first-order valence-corrected chi connectivity index (χ1v) is 9.74. The fourth-order valence-corrected chi connectivity index (χ4v) is 3.02. The first-order valence-electron chi connectivity index (χ1n) is 7.81. The zero-order chi connectivity index (χ0) is 19.8. The minimum Gasteiger partial charge on any atom is -0.451 e. The standard InChI is InChI=1S/C18H19ClN2O5S/c1-12(20-25-11-14-6-4-5-7-17(14)27(3)23)13-8-9-15(19)16(10-13)26-21-18(22)24-2/h4-10H,11H2,1-3H3,(H,21,22). The first-order chi connectivity index (χ1) is 12.9. The predicted molar refractivity (Wildman–Crippen MR) is 103 cm³/mol. The van der Waals surface area contributed by atoms with Crippen molar-refractivity contribution in [1.82, 2.24) is 5.48 Å². The van der Waals surface area contributed by atoms with E-state index >= 15 is 0 Å². The Labute approximate surface area is 164 Å². The third-order valence-corrected chi connectivity index (χ3v) is 4.81. The van der Waals surface area contributed by atoms with Gasteiger partial charge in [0.15, 0.2) is 5.75 Å². The van der Waals surface area contributed by atoms with E-state index in [-0.39, 0.29) is 12.4 Å². The molecular weight excluding hydrogens is 392 g/mol. The molecule has 0 saturated carbocycles. The van der Waals surface area contributed by atoms with E-state index in [0.29, 0.717) is 21.2 Å². The molecule has 0 aliphatic rings. The number of benzene rings is 2. The third-order valence-electron chi connectivity index (χ3n) is 3.48. The molecule has 1 amide bonds. The Morgan fingerprint density at radius 2 is 2.00 bits per heavy atom. The average Bonchev–Trinajstić information content (AvgIpc) is 2.67. The summed E-state index contributed by atoms with van der Waals surface area (Å²) in [5.41, 5.74) is 4.16. The summed E-state index contributed by atoms with van der Waals surface area (Å²) in [6.45, 7) is 1.94. The van der Waals surface area contributed by atoms with Crippen molar-refractivity contribution in [2.75, 3.05) is 13.4 Å². The number of rotatable bonds is 7. The highest BCUT2D eigenvalue weighted by Gasteiger charge is 2.09. The number of halogens is 1. The van der Waals surface area contributed by atoms with Gasteiger partial charge in [0.2, 0.25) is 0 Å². The number of carbonyl (C=O) groups excluding carboxylic acids is 1. The minimum atomic E-state index is -1.11. The molecule has 0 aromatic heterocycles. The van der Waals surface area contributed by atoms with Gasteiger partial charge in [-0.2, -0.15) is 5.48 Å². The topological polar surface area (TPSA) is 86.2 Å². The Bertz CT molecular complexity index is 873. The number of ether oxygens (including phenoxy) is 1. The van der Waals surface area contributed by atoms with Gasteiger partial charge < -0.3 is 14.4 Å². The second kappa shape index (κ2) is 9.94. The van der Waals surface area contributed by atoms with Gasteiger partial charge in [0, 0.05) is 22.3 Å². The molecule has 0 aliphatic carbocycles. The fraction of sp³-hybridized carbons (Fsp3) is 0.222. The van der Waals surface area contributed by atoms with E-state index in [1.807, 2.05) is 18.2 Å². The monoisotopic (exact) mass is 410 g/mol. The van der Waals surface area contributed by atoms with Crippen LogP contribution in [-0.4, -0.2) is 29.4 Å². The third kappa shape index (κ3) is 5.97. The summed E-state index contributed by atoms with van der Waals surface area (Å²) in [7, 11) is 0.111. The van der Waals surface area contributed by atoms with Crippen molar-refractivity contribution in [3.63, 3.8) is 0 Å². The molecule has 2 aromatic rings. The van der Waals surface area contributed by atoms with E-state index in [4.69, 9.17) is 21.3 Å². The van der Waals surface area contributed by atoms with Gasteiger partial charge in [0.25, 0.3) is 0 Å². The molecule has 2 aromatic carbocycles. The van der Waals surface area contributed by atoms with E-state index in [1.165, 1.54) is 7.11 Å². The van der Waals surface area contributed by atoms with Gasteiger partial charge in [-0.3, -0.25) is 4.21 Å². The van der Waals surface area contributed by atoms with Crippen LogP contribution in [0.5, 0.6) is 5.75 Å². The molecule has 0 spiro atoms. The minimum absolute atomic E-state index is 0.188. The maximum Gasteiger partial charge on any atom is 0.440 e. The Balaban J connectivity index is 2.07. The van der Waals surface area contributed by atoms with Crippen LogP contribution >= 0.6 is 11.6 Å². The smallest absolute Gasteiger partial charge is 0.440 e. The molecule has 0 saturated heterocycles. The number of nitrogens with one attached hydrogen (secondary N) is 1. The van der Waals surface area contributed by atoms with Crippen LogP contribution in [0.1, 0.15) is 18.1 Å². The number of methoxy groups -OCH3 is 1. The summed E-state index contributed by atoms with van der Waals surface area (Å²) in [5.74, 6) is 0.237. The maximum atomic E-state index is 11.7. The van der Waals surface area contributed by atoms with Crippen molar-refractivity contribution in [1.29, 1.82) is 0 Å². The highest BCUT2D eigenvalue weighted by molar-refractivity contribution is 7.84. The highest BCUT2D eigenvalue weighted by Crippen LogP contribution is 2.25. The van der Waals surface area contributed by atoms with E-state index in [9.17, 15) is 9.00 Å². The summed E-state index contributed by atoms with van der Waals surface area (Å²) in [4.78, 5) is 22.3. The van der Waals surface area contributed by atoms with Crippen molar-refractivity contribution in [2.24, 2.45) is 5.16 Å². The SMILES string of the molecule is COC(=O)NOc1cc(C(C)=NOCc2ccccc2S(C)=O)ccc1Cl. The molecule has 1 N–H and O–H groups in total. The number of hydrogen-bond donors (Lipinski definition) is 1. The first kappa shape index (κ1) is 20.7. The lowest BCUT2D eigenvalue weighted by Crippen LogP contribution is -2.26. The molecule has 144 valence electrons. The van der Waals surface area contributed by atoms with Crippen LogP contribution in [0.2, 0.25) is 5.02 Å².